The van der Waals surface area contributed by atoms with Gasteiger partial charge in [-0.15, -0.1) is 0 Å². The van der Waals surface area contributed by atoms with Crippen LogP contribution < -0.4 is 10.2 Å². The molecule has 0 bridgehead atoms. The Morgan fingerprint density at radius 3 is 2.81 bits per heavy atom. The first-order valence-electron chi connectivity index (χ1n) is 7.60. The fourth-order valence-electron chi connectivity index (χ4n) is 3.75. The van der Waals surface area contributed by atoms with E-state index in [9.17, 15) is 9.50 Å². The van der Waals surface area contributed by atoms with Crippen molar-refractivity contribution in [1.82, 2.24) is 5.32 Å². The van der Waals surface area contributed by atoms with E-state index in [0.29, 0.717) is 17.8 Å². The van der Waals surface area contributed by atoms with Crippen molar-refractivity contribution < 1.29 is 9.50 Å². The van der Waals surface area contributed by atoms with Crippen molar-refractivity contribution in [2.45, 2.75) is 57.2 Å². The lowest BCUT2D eigenvalue weighted by Crippen LogP contribution is -2.67. The first-order valence-corrected chi connectivity index (χ1v) is 7.97. The van der Waals surface area contributed by atoms with Crippen LogP contribution in [0, 0.1) is 5.82 Å². The molecule has 5 heteroatoms. The molecule has 1 aliphatic heterocycles. The third kappa shape index (κ3) is 2.84. The third-order valence-electron chi connectivity index (χ3n) is 4.60. The minimum absolute atomic E-state index is 0.0741. The van der Waals surface area contributed by atoms with Gasteiger partial charge in [-0.1, -0.05) is 24.4 Å². The van der Waals surface area contributed by atoms with Crippen molar-refractivity contribution >= 4 is 17.3 Å². The van der Waals surface area contributed by atoms with E-state index in [-0.39, 0.29) is 16.3 Å². The lowest BCUT2D eigenvalue weighted by Gasteiger charge is -2.52. The van der Waals surface area contributed by atoms with Crippen LogP contribution in [-0.4, -0.2) is 29.3 Å². The zero-order chi connectivity index (χ0) is 15.2. The minimum atomic E-state index is -0.404. The molecule has 2 fully saturated rings. The molecule has 1 aromatic rings. The number of aromatic hydroxyl groups is 1. The molecule has 0 spiro atoms. The monoisotopic (exact) mass is 312 g/mol. The Morgan fingerprint density at radius 2 is 2.05 bits per heavy atom. The van der Waals surface area contributed by atoms with Gasteiger partial charge < -0.3 is 15.3 Å². The van der Waals surface area contributed by atoms with Crippen LogP contribution in [0.25, 0.3) is 0 Å². The molecular formula is C16H22ClFN2O. The number of benzene rings is 1. The quantitative estimate of drug-likeness (QED) is 0.830. The van der Waals surface area contributed by atoms with Crippen molar-refractivity contribution in [2.24, 2.45) is 0 Å². The molecule has 1 saturated carbocycles. The molecule has 2 atom stereocenters. The lowest BCUT2D eigenvalue weighted by atomic mass is 9.83. The largest absolute Gasteiger partial charge is 0.506 e. The summed E-state index contributed by atoms with van der Waals surface area (Å²) in [6.45, 7) is 5.02. The average molecular weight is 313 g/mol. The zero-order valence-corrected chi connectivity index (χ0v) is 13.3. The summed E-state index contributed by atoms with van der Waals surface area (Å²) in [5.74, 6) is -0.605. The highest BCUT2D eigenvalue weighted by molar-refractivity contribution is 6.32. The molecule has 3 nitrogen and oxygen atoms in total. The first-order chi connectivity index (χ1) is 9.87. The van der Waals surface area contributed by atoms with E-state index >= 15 is 0 Å². The summed E-state index contributed by atoms with van der Waals surface area (Å²) in [5, 5.41) is 13.5. The Labute approximate surface area is 130 Å². The molecule has 21 heavy (non-hydrogen) atoms. The number of piperazine rings is 1. The second kappa shape index (κ2) is 5.33. The molecule has 0 radical (unpaired) electrons. The number of fused-ring (bicyclic) bond motifs is 1. The second-order valence-corrected chi connectivity index (χ2v) is 7.28. The molecule has 1 aliphatic carbocycles. The van der Waals surface area contributed by atoms with Crippen molar-refractivity contribution in [3.05, 3.63) is 23.0 Å². The summed E-state index contributed by atoms with van der Waals surface area (Å²) < 4.78 is 14.3. The van der Waals surface area contributed by atoms with E-state index in [1.54, 1.807) is 6.07 Å². The van der Waals surface area contributed by atoms with Gasteiger partial charge in [0.15, 0.2) is 0 Å². The summed E-state index contributed by atoms with van der Waals surface area (Å²) in [4.78, 5) is 2.14. The van der Waals surface area contributed by atoms with Crippen LogP contribution in [0.2, 0.25) is 5.02 Å². The Hall–Kier alpha value is -1.00. The van der Waals surface area contributed by atoms with E-state index in [2.05, 4.69) is 24.1 Å². The van der Waals surface area contributed by atoms with Crippen LogP contribution >= 0.6 is 11.6 Å². The van der Waals surface area contributed by atoms with Gasteiger partial charge in [-0.05, 0) is 32.8 Å². The Bertz CT molecular complexity index is 549. The number of hydrogen-bond acceptors (Lipinski definition) is 3. The lowest BCUT2D eigenvalue weighted by molar-refractivity contribution is 0.198. The van der Waals surface area contributed by atoms with Gasteiger partial charge in [-0.3, -0.25) is 0 Å². The van der Waals surface area contributed by atoms with Crippen molar-refractivity contribution in [3.63, 3.8) is 0 Å². The summed E-state index contributed by atoms with van der Waals surface area (Å²) in [6, 6.07) is 3.35. The van der Waals surface area contributed by atoms with E-state index < -0.39 is 5.82 Å². The van der Waals surface area contributed by atoms with Gasteiger partial charge in [0.25, 0.3) is 0 Å². The second-order valence-electron chi connectivity index (χ2n) is 6.87. The highest BCUT2D eigenvalue weighted by Crippen LogP contribution is 2.38. The standard InChI is InChI=1S/C16H22ClFN2O/c1-16(2)9-20(13-6-4-3-5-12(13)19-16)14-7-10(17)15(21)8-11(14)18/h7-8,12-13,19,21H,3-6,9H2,1-2H3/t12-,13-/m0/s1. The topological polar surface area (TPSA) is 35.5 Å². The Kier molecular flexibility index (Phi) is 3.78. The van der Waals surface area contributed by atoms with Gasteiger partial charge in [0.1, 0.15) is 11.6 Å². The number of nitrogens with zero attached hydrogens (tertiary/aromatic N) is 1. The summed E-state index contributed by atoms with van der Waals surface area (Å²) in [6.07, 6.45) is 4.58. The van der Waals surface area contributed by atoms with Gasteiger partial charge in [-0.2, -0.15) is 0 Å². The number of rotatable bonds is 1. The van der Waals surface area contributed by atoms with Gasteiger partial charge in [0, 0.05) is 30.2 Å². The molecule has 1 saturated heterocycles. The van der Waals surface area contributed by atoms with Crippen LogP contribution in [0.15, 0.2) is 12.1 Å². The number of halogens is 2. The fourth-order valence-corrected chi connectivity index (χ4v) is 3.91. The average Bonchev–Trinajstić information content (AvgIpc) is 2.41. The number of anilines is 1. The molecule has 1 aromatic carbocycles. The Morgan fingerprint density at radius 1 is 1.33 bits per heavy atom. The highest BCUT2D eigenvalue weighted by Gasteiger charge is 2.41. The van der Waals surface area contributed by atoms with E-state index in [4.69, 9.17) is 11.6 Å². The maximum atomic E-state index is 14.3. The van der Waals surface area contributed by atoms with E-state index in [1.165, 1.54) is 12.8 Å². The van der Waals surface area contributed by atoms with Gasteiger partial charge in [0.2, 0.25) is 0 Å². The minimum Gasteiger partial charge on any atom is -0.506 e. The van der Waals surface area contributed by atoms with Crippen molar-refractivity contribution in [2.75, 3.05) is 11.4 Å². The molecule has 0 unspecified atom stereocenters. The highest BCUT2D eigenvalue weighted by atomic mass is 35.5. The first kappa shape index (κ1) is 14.9. The maximum absolute atomic E-state index is 14.3. The Balaban J connectivity index is 2.00. The zero-order valence-electron chi connectivity index (χ0n) is 12.5. The molecule has 3 rings (SSSR count). The van der Waals surface area contributed by atoms with E-state index in [0.717, 1.165) is 25.5 Å². The molecule has 2 aliphatic rings. The van der Waals surface area contributed by atoms with E-state index in [1.807, 2.05) is 0 Å². The summed E-state index contributed by atoms with van der Waals surface area (Å²) in [5.41, 5.74) is 0.430. The molecule has 0 aromatic heterocycles. The van der Waals surface area contributed by atoms with Crippen LogP contribution in [0.3, 0.4) is 0 Å². The predicted molar refractivity (Wildman–Crippen MR) is 83.7 cm³/mol. The summed E-state index contributed by atoms with van der Waals surface area (Å²) >= 11 is 5.99. The summed E-state index contributed by atoms with van der Waals surface area (Å²) in [7, 11) is 0. The number of nitrogens with one attached hydrogen (secondary N) is 1. The predicted octanol–water partition coefficient (Wildman–Crippen LogP) is 3.68. The molecule has 1 heterocycles. The smallest absolute Gasteiger partial charge is 0.150 e. The van der Waals surface area contributed by atoms with Crippen molar-refractivity contribution in [3.8, 4) is 5.75 Å². The number of phenols is 1. The maximum Gasteiger partial charge on any atom is 0.150 e. The number of phenolic OH excluding ortho intramolecular Hbond substituents is 1. The fraction of sp³-hybridized carbons (Fsp3) is 0.625. The molecule has 2 N–H and O–H groups in total. The van der Waals surface area contributed by atoms with Crippen molar-refractivity contribution in [1.29, 1.82) is 0 Å². The van der Waals surface area contributed by atoms with Crippen LogP contribution in [-0.2, 0) is 0 Å². The van der Waals surface area contributed by atoms with Gasteiger partial charge >= 0.3 is 0 Å². The van der Waals surface area contributed by atoms with Gasteiger partial charge in [-0.25, -0.2) is 4.39 Å². The number of hydrogen-bond donors (Lipinski definition) is 2. The van der Waals surface area contributed by atoms with Crippen LogP contribution in [0.5, 0.6) is 5.75 Å². The molecule has 116 valence electrons. The van der Waals surface area contributed by atoms with Gasteiger partial charge in [0.05, 0.1) is 10.7 Å². The normalized spacial score (nSPS) is 28.3. The third-order valence-corrected chi connectivity index (χ3v) is 4.90. The van der Waals surface area contributed by atoms with Crippen LogP contribution in [0.1, 0.15) is 39.5 Å². The molecular weight excluding hydrogens is 291 g/mol. The molecule has 0 amide bonds. The SMILES string of the molecule is CC1(C)CN(c2cc(Cl)c(O)cc2F)[C@H]2CCCC[C@@H]2N1. The van der Waals surface area contributed by atoms with Crippen LogP contribution in [0.4, 0.5) is 10.1 Å².